The summed E-state index contributed by atoms with van der Waals surface area (Å²) in [5.41, 5.74) is 0.392. The van der Waals surface area contributed by atoms with Crippen molar-refractivity contribution in [3.05, 3.63) is 47.5 Å². The number of hydrogen-bond donors (Lipinski definition) is 2. The predicted octanol–water partition coefficient (Wildman–Crippen LogP) is 2.92. The minimum Gasteiger partial charge on any atom is -0.387 e. The molecule has 6 heteroatoms. The van der Waals surface area contributed by atoms with E-state index in [4.69, 9.17) is 4.74 Å². The van der Waals surface area contributed by atoms with Crippen LogP contribution in [0, 0.1) is 0 Å². The van der Waals surface area contributed by atoms with E-state index in [1.807, 2.05) is 6.92 Å². The summed E-state index contributed by atoms with van der Waals surface area (Å²) in [4.78, 5) is 0. The number of benzene rings is 1. The number of rotatable bonds is 8. The lowest BCUT2D eigenvalue weighted by Gasteiger charge is -2.14. The Morgan fingerprint density at radius 1 is 1.43 bits per heavy atom. The van der Waals surface area contributed by atoms with Gasteiger partial charge in [0.25, 0.3) is 0 Å². The monoisotopic (exact) mass is 303 g/mol. The van der Waals surface area contributed by atoms with E-state index in [1.54, 1.807) is 0 Å². The Labute approximate surface area is 122 Å². The molecule has 0 aliphatic carbocycles. The van der Waals surface area contributed by atoms with E-state index in [9.17, 15) is 18.3 Å². The molecule has 1 atom stereocenters. The van der Waals surface area contributed by atoms with Crippen molar-refractivity contribution in [1.82, 2.24) is 5.32 Å². The Balaban J connectivity index is 2.38. The smallest absolute Gasteiger partial charge is 0.387 e. The first-order chi connectivity index (χ1) is 9.80. The van der Waals surface area contributed by atoms with Gasteiger partial charge in [-0.15, -0.1) is 0 Å². The van der Waals surface area contributed by atoms with Crippen molar-refractivity contribution in [2.45, 2.75) is 19.2 Å². The van der Waals surface area contributed by atoms with Gasteiger partial charge in [-0.25, -0.2) is 0 Å². The summed E-state index contributed by atoms with van der Waals surface area (Å²) in [7, 11) is 0. The normalized spacial score (nSPS) is 13.2. The zero-order chi connectivity index (χ0) is 15.9. The molecule has 0 saturated carbocycles. The first-order valence-electron chi connectivity index (χ1n) is 6.59. The predicted molar refractivity (Wildman–Crippen MR) is 74.9 cm³/mol. The van der Waals surface area contributed by atoms with Crippen molar-refractivity contribution >= 4 is 0 Å². The second kappa shape index (κ2) is 8.17. The number of nitrogens with one attached hydrogen (secondary N) is 1. The maximum absolute atomic E-state index is 12.6. The molecule has 1 unspecified atom stereocenters. The third-order valence-electron chi connectivity index (χ3n) is 2.71. The van der Waals surface area contributed by atoms with Crippen molar-refractivity contribution in [3.8, 4) is 0 Å². The highest BCUT2D eigenvalue weighted by Crippen LogP contribution is 2.30. The second-order valence-electron chi connectivity index (χ2n) is 4.85. The van der Waals surface area contributed by atoms with E-state index in [-0.39, 0.29) is 12.1 Å². The van der Waals surface area contributed by atoms with Crippen LogP contribution in [-0.4, -0.2) is 31.4 Å². The fourth-order valence-electron chi connectivity index (χ4n) is 1.67. The minimum absolute atomic E-state index is 0.164. The molecular weight excluding hydrogens is 283 g/mol. The Hall–Kier alpha value is -1.37. The van der Waals surface area contributed by atoms with E-state index < -0.39 is 17.8 Å². The second-order valence-corrected chi connectivity index (χ2v) is 4.85. The highest BCUT2D eigenvalue weighted by molar-refractivity contribution is 5.27. The fourth-order valence-corrected chi connectivity index (χ4v) is 1.67. The van der Waals surface area contributed by atoms with Gasteiger partial charge in [0.2, 0.25) is 0 Å². The van der Waals surface area contributed by atoms with E-state index in [1.165, 1.54) is 12.1 Å². The number of ether oxygens (including phenoxy) is 1. The van der Waals surface area contributed by atoms with Crippen molar-refractivity contribution in [3.63, 3.8) is 0 Å². The molecule has 1 aromatic rings. The molecule has 0 saturated heterocycles. The van der Waals surface area contributed by atoms with E-state index in [2.05, 4.69) is 11.9 Å². The summed E-state index contributed by atoms with van der Waals surface area (Å²) in [6, 6.07) is 4.70. The molecule has 21 heavy (non-hydrogen) atoms. The van der Waals surface area contributed by atoms with Gasteiger partial charge >= 0.3 is 6.18 Å². The van der Waals surface area contributed by atoms with Gasteiger partial charge in [-0.3, -0.25) is 0 Å². The molecule has 1 rings (SSSR count). The van der Waals surface area contributed by atoms with Gasteiger partial charge < -0.3 is 15.2 Å². The van der Waals surface area contributed by atoms with Crippen LogP contribution in [0.4, 0.5) is 13.2 Å². The zero-order valence-corrected chi connectivity index (χ0v) is 11.9. The molecule has 0 heterocycles. The fraction of sp³-hybridized carbons (Fsp3) is 0.467. The topological polar surface area (TPSA) is 41.5 Å². The Bertz CT molecular complexity index is 460. The molecular formula is C15H20F3NO2. The van der Waals surface area contributed by atoms with Crippen LogP contribution in [0.5, 0.6) is 0 Å². The molecule has 118 valence electrons. The molecule has 0 radical (unpaired) electrons. The van der Waals surface area contributed by atoms with Gasteiger partial charge in [0, 0.05) is 13.1 Å². The Kier molecular flexibility index (Phi) is 6.87. The van der Waals surface area contributed by atoms with Gasteiger partial charge in [0.1, 0.15) is 0 Å². The number of alkyl halides is 3. The van der Waals surface area contributed by atoms with E-state index in [0.29, 0.717) is 19.8 Å². The van der Waals surface area contributed by atoms with Crippen molar-refractivity contribution in [1.29, 1.82) is 0 Å². The Morgan fingerprint density at radius 2 is 2.14 bits per heavy atom. The zero-order valence-electron chi connectivity index (χ0n) is 11.9. The van der Waals surface area contributed by atoms with E-state index >= 15 is 0 Å². The van der Waals surface area contributed by atoms with Crippen molar-refractivity contribution in [2.24, 2.45) is 0 Å². The van der Waals surface area contributed by atoms with Gasteiger partial charge in [0.05, 0.1) is 24.9 Å². The number of aliphatic hydroxyl groups excluding tert-OH is 1. The van der Waals surface area contributed by atoms with Gasteiger partial charge in [-0.1, -0.05) is 24.3 Å². The molecule has 0 spiro atoms. The summed E-state index contributed by atoms with van der Waals surface area (Å²) >= 11 is 0. The summed E-state index contributed by atoms with van der Waals surface area (Å²) in [6.45, 7) is 7.13. The van der Waals surface area contributed by atoms with Crippen LogP contribution in [0.15, 0.2) is 36.4 Å². The first kappa shape index (κ1) is 17.7. The quantitative estimate of drug-likeness (QED) is 0.573. The van der Waals surface area contributed by atoms with Crippen LogP contribution in [-0.2, 0) is 10.9 Å². The molecule has 1 aromatic carbocycles. The standard InChI is InChI=1S/C15H20F3NO2/c1-11(2)10-21-7-6-19-9-14(20)12-4-3-5-13(8-12)15(16,17)18/h3-5,8,14,19-20H,1,6-7,9-10H2,2H3. The Morgan fingerprint density at radius 3 is 2.76 bits per heavy atom. The molecule has 3 nitrogen and oxygen atoms in total. The maximum Gasteiger partial charge on any atom is 0.416 e. The molecule has 0 aliphatic rings. The third-order valence-corrected chi connectivity index (χ3v) is 2.71. The number of hydrogen-bond acceptors (Lipinski definition) is 3. The minimum atomic E-state index is -4.40. The summed E-state index contributed by atoms with van der Waals surface area (Å²) in [6.07, 6.45) is -5.40. The molecule has 0 aromatic heterocycles. The summed E-state index contributed by atoms with van der Waals surface area (Å²) in [5.74, 6) is 0. The summed E-state index contributed by atoms with van der Waals surface area (Å²) in [5, 5.41) is 12.8. The highest BCUT2D eigenvalue weighted by Gasteiger charge is 2.30. The highest BCUT2D eigenvalue weighted by atomic mass is 19.4. The summed E-state index contributed by atoms with van der Waals surface area (Å²) < 4.78 is 43.0. The molecule has 0 fully saturated rings. The van der Waals surface area contributed by atoms with Crippen LogP contribution >= 0.6 is 0 Å². The maximum atomic E-state index is 12.6. The van der Waals surface area contributed by atoms with Crippen LogP contribution in [0.25, 0.3) is 0 Å². The average molecular weight is 303 g/mol. The van der Waals surface area contributed by atoms with Crippen LogP contribution < -0.4 is 5.32 Å². The van der Waals surface area contributed by atoms with Gasteiger partial charge in [-0.05, 0) is 24.6 Å². The van der Waals surface area contributed by atoms with Gasteiger partial charge in [-0.2, -0.15) is 13.2 Å². The largest absolute Gasteiger partial charge is 0.416 e. The SMILES string of the molecule is C=C(C)COCCNCC(O)c1cccc(C(F)(F)F)c1. The molecule has 0 amide bonds. The average Bonchev–Trinajstić information content (AvgIpc) is 2.41. The lowest BCUT2D eigenvalue weighted by Crippen LogP contribution is -2.25. The third kappa shape index (κ3) is 6.75. The van der Waals surface area contributed by atoms with Crippen LogP contribution in [0.1, 0.15) is 24.2 Å². The van der Waals surface area contributed by atoms with E-state index in [0.717, 1.165) is 17.7 Å². The molecule has 2 N–H and O–H groups in total. The number of aliphatic hydroxyl groups is 1. The van der Waals surface area contributed by atoms with Crippen LogP contribution in [0.3, 0.4) is 0 Å². The number of halogens is 3. The van der Waals surface area contributed by atoms with Gasteiger partial charge in [0.15, 0.2) is 0 Å². The lowest BCUT2D eigenvalue weighted by atomic mass is 10.1. The van der Waals surface area contributed by atoms with Crippen molar-refractivity contribution in [2.75, 3.05) is 26.3 Å². The molecule has 0 bridgehead atoms. The first-order valence-corrected chi connectivity index (χ1v) is 6.59. The van der Waals surface area contributed by atoms with Crippen molar-refractivity contribution < 1.29 is 23.0 Å². The lowest BCUT2D eigenvalue weighted by molar-refractivity contribution is -0.137. The van der Waals surface area contributed by atoms with Crippen LogP contribution in [0.2, 0.25) is 0 Å². The molecule has 0 aliphatic heterocycles.